The maximum Gasteiger partial charge on any atom is 0.253 e. The van der Waals surface area contributed by atoms with E-state index in [9.17, 15) is 13.2 Å². The first-order chi connectivity index (χ1) is 14.4. The predicted molar refractivity (Wildman–Crippen MR) is 119 cm³/mol. The largest absolute Gasteiger partial charge is 0.336 e. The molecule has 0 radical (unpaired) electrons. The Morgan fingerprint density at radius 1 is 1.03 bits per heavy atom. The van der Waals surface area contributed by atoms with Crippen LogP contribution < -0.4 is 4.31 Å². The first-order valence-electron chi connectivity index (χ1n) is 10.6. The number of sulfonamides is 1. The monoisotopic (exact) mass is 427 g/mol. The highest BCUT2D eigenvalue weighted by Crippen LogP contribution is 2.35. The third-order valence-electron chi connectivity index (χ3n) is 6.05. The summed E-state index contributed by atoms with van der Waals surface area (Å²) in [6.45, 7) is 7.60. The molecule has 0 aliphatic carbocycles. The molecular weight excluding hydrogens is 398 g/mol. The summed E-state index contributed by atoms with van der Waals surface area (Å²) in [6, 6.07) is 15.7. The lowest BCUT2D eigenvalue weighted by atomic mass is 10.1. The lowest BCUT2D eigenvalue weighted by molar-refractivity contribution is 0.0628. The van der Waals surface area contributed by atoms with Gasteiger partial charge in [-0.05, 0) is 49.6 Å². The van der Waals surface area contributed by atoms with E-state index < -0.39 is 10.0 Å². The van der Waals surface area contributed by atoms with E-state index in [2.05, 4.69) is 29.2 Å². The highest BCUT2D eigenvalue weighted by atomic mass is 32.2. The number of hydrogen-bond acceptors (Lipinski definition) is 4. The van der Waals surface area contributed by atoms with Gasteiger partial charge in [0.15, 0.2) is 0 Å². The number of amides is 1. The quantitative estimate of drug-likeness (QED) is 0.736. The zero-order valence-electron chi connectivity index (χ0n) is 17.6. The van der Waals surface area contributed by atoms with Gasteiger partial charge in [-0.15, -0.1) is 0 Å². The number of carbonyl (C=O) groups is 1. The van der Waals surface area contributed by atoms with Crippen LogP contribution in [0.5, 0.6) is 0 Å². The van der Waals surface area contributed by atoms with Crippen LogP contribution in [0.25, 0.3) is 0 Å². The Hall–Kier alpha value is -2.38. The summed E-state index contributed by atoms with van der Waals surface area (Å²) in [5.41, 5.74) is 3.59. The van der Waals surface area contributed by atoms with Crippen LogP contribution in [0.15, 0.2) is 48.5 Å². The second kappa shape index (κ2) is 8.40. The van der Waals surface area contributed by atoms with E-state index in [1.807, 2.05) is 24.0 Å². The van der Waals surface area contributed by atoms with E-state index in [0.717, 1.165) is 25.2 Å². The average molecular weight is 428 g/mol. The van der Waals surface area contributed by atoms with E-state index in [0.29, 0.717) is 30.8 Å². The summed E-state index contributed by atoms with van der Waals surface area (Å²) in [7, 11) is -3.31. The number of rotatable bonds is 5. The molecule has 2 aliphatic rings. The maximum absolute atomic E-state index is 13.1. The van der Waals surface area contributed by atoms with Crippen molar-refractivity contribution in [2.24, 2.45) is 0 Å². The van der Waals surface area contributed by atoms with Gasteiger partial charge in [0.25, 0.3) is 5.91 Å². The van der Waals surface area contributed by atoms with Crippen LogP contribution in [0.1, 0.15) is 35.3 Å². The molecular formula is C23H29N3O3S. The first-order valence-corrected chi connectivity index (χ1v) is 12.2. The molecule has 0 bridgehead atoms. The lowest BCUT2D eigenvalue weighted by Crippen LogP contribution is -2.48. The van der Waals surface area contributed by atoms with Gasteiger partial charge in [-0.1, -0.05) is 30.3 Å². The molecule has 7 heteroatoms. The fourth-order valence-corrected chi connectivity index (χ4v) is 5.81. The van der Waals surface area contributed by atoms with Crippen molar-refractivity contribution in [3.63, 3.8) is 0 Å². The van der Waals surface area contributed by atoms with Crippen molar-refractivity contribution in [1.29, 1.82) is 0 Å². The average Bonchev–Trinajstić information content (AvgIpc) is 3.10. The Morgan fingerprint density at radius 3 is 2.40 bits per heavy atom. The molecule has 2 aliphatic heterocycles. The molecule has 0 unspecified atom stereocenters. The van der Waals surface area contributed by atoms with Gasteiger partial charge in [0.1, 0.15) is 0 Å². The van der Waals surface area contributed by atoms with E-state index in [1.54, 1.807) is 19.1 Å². The van der Waals surface area contributed by atoms with Gasteiger partial charge in [0.05, 0.1) is 11.4 Å². The van der Waals surface area contributed by atoms with Crippen molar-refractivity contribution in [3.8, 4) is 0 Å². The molecule has 2 aromatic carbocycles. The fourth-order valence-electron chi connectivity index (χ4n) is 4.43. The van der Waals surface area contributed by atoms with Crippen molar-refractivity contribution < 1.29 is 13.2 Å². The molecule has 30 heavy (non-hydrogen) atoms. The van der Waals surface area contributed by atoms with Crippen LogP contribution in [0.4, 0.5) is 5.69 Å². The lowest BCUT2D eigenvalue weighted by Gasteiger charge is -2.35. The molecule has 160 valence electrons. The summed E-state index contributed by atoms with van der Waals surface area (Å²) >= 11 is 0. The molecule has 1 amide bonds. The number of fused-ring (bicyclic) bond motifs is 1. The topological polar surface area (TPSA) is 60.9 Å². The highest BCUT2D eigenvalue weighted by Gasteiger charge is 2.34. The van der Waals surface area contributed by atoms with E-state index >= 15 is 0 Å². The van der Waals surface area contributed by atoms with Gasteiger partial charge in [-0.25, -0.2) is 8.42 Å². The summed E-state index contributed by atoms with van der Waals surface area (Å²) in [5.74, 6) is 0.103. The van der Waals surface area contributed by atoms with E-state index in [4.69, 9.17) is 0 Å². The van der Waals surface area contributed by atoms with Crippen LogP contribution in [0.2, 0.25) is 0 Å². The number of anilines is 1. The van der Waals surface area contributed by atoms with Gasteiger partial charge in [0.2, 0.25) is 10.0 Å². The summed E-state index contributed by atoms with van der Waals surface area (Å²) in [6.07, 6.45) is 0.639. The zero-order valence-corrected chi connectivity index (χ0v) is 18.4. The smallest absolute Gasteiger partial charge is 0.253 e. The molecule has 0 saturated carbocycles. The van der Waals surface area contributed by atoms with Gasteiger partial charge >= 0.3 is 0 Å². The molecule has 1 saturated heterocycles. The Morgan fingerprint density at radius 2 is 1.73 bits per heavy atom. The molecule has 1 fully saturated rings. The Balaban J connectivity index is 1.42. The molecule has 6 nitrogen and oxygen atoms in total. The number of carbonyl (C=O) groups excluding carboxylic acids is 1. The highest BCUT2D eigenvalue weighted by molar-refractivity contribution is 7.92. The zero-order chi connectivity index (χ0) is 21.3. The Kier molecular flexibility index (Phi) is 5.84. The van der Waals surface area contributed by atoms with Crippen LogP contribution in [-0.2, 0) is 23.0 Å². The summed E-state index contributed by atoms with van der Waals surface area (Å²) in [4.78, 5) is 17.3. The molecule has 4 rings (SSSR count). The van der Waals surface area contributed by atoms with Crippen molar-refractivity contribution in [2.45, 2.75) is 32.9 Å². The SMILES string of the molecule is CCS(=O)(=O)N1c2ccc(C(=O)N3CCN(Cc4ccccc4)CC3)cc2C[C@@H]1C. The predicted octanol–water partition coefficient (Wildman–Crippen LogP) is 2.75. The van der Waals surface area contributed by atoms with E-state index in [-0.39, 0.29) is 17.7 Å². The number of nitrogens with zero attached hydrogens (tertiary/aromatic N) is 3. The van der Waals surface area contributed by atoms with E-state index in [1.165, 1.54) is 9.87 Å². The molecule has 0 N–H and O–H groups in total. The first kappa shape index (κ1) is 20.9. The van der Waals surface area contributed by atoms with Crippen molar-refractivity contribution in [1.82, 2.24) is 9.80 Å². The number of hydrogen-bond donors (Lipinski definition) is 0. The minimum atomic E-state index is -3.31. The van der Waals surface area contributed by atoms with Crippen LogP contribution >= 0.6 is 0 Å². The third kappa shape index (κ3) is 4.09. The summed E-state index contributed by atoms with van der Waals surface area (Å²) in [5, 5.41) is 0. The minimum Gasteiger partial charge on any atom is -0.336 e. The summed E-state index contributed by atoms with van der Waals surface area (Å²) < 4.78 is 26.4. The van der Waals surface area contributed by atoms with Gasteiger partial charge < -0.3 is 4.90 Å². The minimum absolute atomic E-state index is 0.0293. The van der Waals surface area contributed by atoms with Crippen molar-refractivity contribution >= 4 is 21.6 Å². The second-order valence-electron chi connectivity index (χ2n) is 8.15. The number of benzene rings is 2. The third-order valence-corrected chi connectivity index (χ3v) is 7.94. The van der Waals surface area contributed by atoms with Gasteiger partial charge in [0, 0.05) is 44.3 Å². The van der Waals surface area contributed by atoms with Gasteiger partial charge in [-0.3, -0.25) is 14.0 Å². The van der Waals surface area contributed by atoms with Gasteiger partial charge in [-0.2, -0.15) is 0 Å². The van der Waals surface area contributed by atoms with Crippen LogP contribution in [0.3, 0.4) is 0 Å². The normalized spacial score (nSPS) is 19.7. The van der Waals surface area contributed by atoms with Crippen LogP contribution in [-0.4, -0.2) is 62.1 Å². The molecule has 0 aromatic heterocycles. The second-order valence-corrected chi connectivity index (χ2v) is 10.3. The standard InChI is InChI=1S/C23H29N3O3S/c1-3-30(28,29)26-18(2)15-21-16-20(9-10-22(21)26)23(27)25-13-11-24(12-14-25)17-19-7-5-4-6-8-19/h4-10,16,18H,3,11-15,17H2,1-2H3/t18-/m0/s1. The van der Waals surface area contributed by atoms with Crippen molar-refractivity contribution in [3.05, 3.63) is 65.2 Å². The molecule has 0 spiro atoms. The van der Waals surface area contributed by atoms with Crippen LogP contribution in [0, 0.1) is 0 Å². The molecule has 1 atom stereocenters. The number of piperazine rings is 1. The fraction of sp³-hybridized carbons (Fsp3) is 0.435. The Bertz CT molecular complexity index is 1020. The van der Waals surface area contributed by atoms with Crippen molar-refractivity contribution in [2.75, 3.05) is 36.2 Å². The molecule has 2 heterocycles. The molecule has 2 aromatic rings. The Labute approximate surface area is 179 Å². The maximum atomic E-state index is 13.1.